The van der Waals surface area contributed by atoms with Gasteiger partial charge in [0.25, 0.3) is 5.56 Å². The minimum Gasteiger partial charge on any atom is -0.481 e. The minimum atomic E-state index is -0.919. The molecular weight excluding hydrogens is 260 g/mol. The van der Waals surface area contributed by atoms with Crippen LogP contribution in [-0.2, 0) is 11.2 Å². The molecule has 0 unspecified atom stereocenters. The maximum Gasteiger partial charge on any atom is 0.307 e. The van der Waals surface area contributed by atoms with E-state index in [9.17, 15) is 9.59 Å². The maximum atomic E-state index is 11.8. The van der Waals surface area contributed by atoms with Gasteiger partial charge in [0.1, 0.15) is 0 Å². The average molecular weight is 276 g/mol. The van der Waals surface area contributed by atoms with Crippen LogP contribution in [0.3, 0.4) is 0 Å². The number of aromatic amines is 1. The van der Waals surface area contributed by atoms with Gasteiger partial charge >= 0.3 is 5.97 Å². The second-order valence-corrected chi connectivity index (χ2v) is 4.73. The van der Waals surface area contributed by atoms with Gasteiger partial charge in [-0.05, 0) is 27.7 Å². The maximum absolute atomic E-state index is 11.8. The Morgan fingerprint density at radius 2 is 1.90 bits per heavy atom. The van der Waals surface area contributed by atoms with Gasteiger partial charge in [0, 0.05) is 22.5 Å². The van der Waals surface area contributed by atoms with Crippen molar-refractivity contribution < 1.29 is 9.90 Å². The van der Waals surface area contributed by atoms with Gasteiger partial charge in [-0.1, -0.05) is 0 Å². The molecule has 2 aromatic rings. The molecule has 0 aliphatic rings. The summed E-state index contributed by atoms with van der Waals surface area (Å²) < 4.78 is 1.47. The molecule has 106 valence electrons. The minimum absolute atomic E-state index is 0.104. The summed E-state index contributed by atoms with van der Waals surface area (Å²) in [5.74, 6) is -0.618. The summed E-state index contributed by atoms with van der Waals surface area (Å²) in [6.07, 6.45) is -0.104. The van der Waals surface area contributed by atoms with Crippen LogP contribution in [-0.4, -0.2) is 30.8 Å². The first kappa shape index (κ1) is 14.0. The number of H-pyrrole nitrogens is 1. The van der Waals surface area contributed by atoms with Crippen molar-refractivity contribution in [2.24, 2.45) is 0 Å². The molecule has 0 aliphatic heterocycles. The number of aryl methyl sites for hydroxylation is 2. The first-order valence-electron chi connectivity index (χ1n) is 6.16. The van der Waals surface area contributed by atoms with Crippen molar-refractivity contribution in [3.63, 3.8) is 0 Å². The van der Waals surface area contributed by atoms with Crippen LogP contribution in [0.15, 0.2) is 4.79 Å². The van der Waals surface area contributed by atoms with Crippen molar-refractivity contribution in [1.29, 1.82) is 0 Å². The molecule has 0 aromatic carbocycles. The van der Waals surface area contributed by atoms with Crippen LogP contribution in [0.4, 0.5) is 0 Å². The van der Waals surface area contributed by atoms with Crippen molar-refractivity contribution >= 4 is 5.97 Å². The molecule has 0 atom stereocenters. The van der Waals surface area contributed by atoms with Crippen LogP contribution < -0.4 is 5.56 Å². The fourth-order valence-electron chi connectivity index (χ4n) is 2.02. The molecule has 0 spiro atoms. The van der Waals surface area contributed by atoms with Gasteiger partial charge in [-0.25, -0.2) is 9.67 Å². The summed E-state index contributed by atoms with van der Waals surface area (Å²) in [7, 11) is 0. The van der Waals surface area contributed by atoms with Gasteiger partial charge in [-0.15, -0.1) is 0 Å². The fourth-order valence-corrected chi connectivity index (χ4v) is 2.02. The van der Waals surface area contributed by atoms with E-state index in [4.69, 9.17) is 5.11 Å². The van der Waals surface area contributed by atoms with Crippen LogP contribution in [0.2, 0.25) is 0 Å². The quantitative estimate of drug-likeness (QED) is 0.864. The van der Waals surface area contributed by atoms with Crippen LogP contribution >= 0.6 is 0 Å². The molecule has 0 saturated carbocycles. The number of aromatic nitrogens is 4. The third kappa shape index (κ3) is 2.34. The van der Waals surface area contributed by atoms with E-state index in [0.717, 1.165) is 0 Å². The lowest BCUT2D eigenvalue weighted by molar-refractivity contribution is -0.136. The first-order valence-corrected chi connectivity index (χ1v) is 6.16. The summed E-state index contributed by atoms with van der Waals surface area (Å²) in [5.41, 5.74) is 2.87. The molecule has 0 radical (unpaired) electrons. The van der Waals surface area contributed by atoms with Gasteiger partial charge in [0.2, 0.25) is 5.95 Å². The summed E-state index contributed by atoms with van der Waals surface area (Å²) in [4.78, 5) is 29.6. The lowest BCUT2D eigenvalue weighted by Crippen LogP contribution is -2.18. The molecule has 2 heterocycles. The predicted molar refractivity (Wildman–Crippen MR) is 72.3 cm³/mol. The Balaban J connectivity index is 2.60. The van der Waals surface area contributed by atoms with E-state index in [1.807, 2.05) is 0 Å². The number of nitrogens with one attached hydrogen (secondary N) is 1. The van der Waals surface area contributed by atoms with E-state index in [0.29, 0.717) is 34.2 Å². The van der Waals surface area contributed by atoms with Gasteiger partial charge < -0.3 is 5.11 Å². The van der Waals surface area contributed by atoms with Crippen molar-refractivity contribution in [2.75, 3.05) is 0 Å². The summed E-state index contributed by atoms with van der Waals surface area (Å²) >= 11 is 0. The normalized spacial score (nSPS) is 10.8. The lowest BCUT2D eigenvalue weighted by Gasteiger charge is -2.06. The number of hydrogen-bond acceptors (Lipinski definition) is 4. The Bertz CT molecular complexity index is 743. The zero-order chi connectivity index (χ0) is 15.0. The topological polar surface area (TPSA) is 101 Å². The monoisotopic (exact) mass is 276 g/mol. The van der Waals surface area contributed by atoms with E-state index in [2.05, 4.69) is 15.1 Å². The van der Waals surface area contributed by atoms with Crippen molar-refractivity contribution in [3.05, 3.63) is 38.6 Å². The largest absolute Gasteiger partial charge is 0.481 e. The Morgan fingerprint density at radius 1 is 1.25 bits per heavy atom. The number of rotatable bonds is 3. The third-order valence-corrected chi connectivity index (χ3v) is 3.35. The number of carboxylic acid groups (broad SMARTS) is 1. The summed E-state index contributed by atoms with van der Waals surface area (Å²) in [6.45, 7) is 6.94. The second-order valence-electron chi connectivity index (χ2n) is 4.73. The first-order chi connectivity index (χ1) is 9.31. The van der Waals surface area contributed by atoms with Gasteiger partial charge in [-0.3, -0.25) is 14.6 Å². The molecule has 7 nitrogen and oxygen atoms in total. The number of carbonyl (C=O) groups is 1. The van der Waals surface area contributed by atoms with Crippen LogP contribution in [0.5, 0.6) is 0 Å². The van der Waals surface area contributed by atoms with Gasteiger partial charge in [-0.2, -0.15) is 5.10 Å². The Labute approximate surface area is 115 Å². The Morgan fingerprint density at radius 3 is 2.45 bits per heavy atom. The highest BCUT2D eigenvalue weighted by molar-refractivity contribution is 5.71. The zero-order valence-corrected chi connectivity index (χ0v) is 11.8. The van der Waals surface area contributed by atoms with E-state index in [-0.39, 0.29) is 12.0 Å². The number of nitrogens with zero attached hydrogens (tertiary/aromatic N) is 3. The molecule has 20 heavy (non-hydrogen) atoms. The molecule has 2 N–H and O–H groups in total. The van der Waals surface area contributed by atoms with Crippen LogP contribution in [0.25, 0.3) is 5.95 Å². The van der Waals surface area contributed by atoms with Gasteiger partial charge in [0.05, 0.1) is 12.1 Å². The SMILES string of the molecule is Cc1nn(-c2nc(C)c(C)c(=O)[nH]2)c(C)c1CC(=O)O. The van der Waals surface area contributed by atoms with E-state index >= 15 is 0 Å². The lowest BCUT2D eigenvalue weighted by atomic mass is 10.1. The molecule has 0 amide bonds. The average Bonchev–Trinajstić information content (AvgIpc) is 2.63. The highest BCUT2D eigenvalue weighted by Crippen LogP contribution is 2.16. The molecule has 0 saturated heterocycles. The Hall–Kier alpha value is -2.44. The van der Waals surface area contributed by atoms with Crippen LogP contribution in [0, 0.1) is 27.7 Å². The van der Waals surface area contributed by atoms with E-state index in [1.54, 1.807) is 27.7 Å². The third-order valence-electron chi connectivity index (χ3n) is 3.35. The highest BCUT2D eigenvalue weighted by Gasteiger charge is 2.17. The molecule has 0 aliphatic carbocycles. The van der Waals surface area contributed by atoms with E-state index in [1.165, 1.54) is 4.68 Å². The van der Waals surface area contributed by atoms with Crippen LogP contribution in [0.1, 0.15) is 28.2 Å². The Kier molecular flexibility index (Phi) is 3.44. The standard InChI is InChI=1S/C13H16N4O3/c1-6-7(2)14-13(15-12(6)20)17-9(4)10(5-11(18)19)8(3)16-17/h5H2,1-4H3,(H,18,19)(H,14,15,20). The van der Waals surface area contributed by atoms with E-state index < -0.39 is 5.97 Å². The molecular formula is C13H16N4O3. The predicted octanol–water partition coefficient (Wildman–Crippen LogP) is 0.816. The molecule has 7 heteroatoms. The van der Waals surface area contributed by atoms with Crippen molar-refractivity contribution in [2.45, 2.75) is 34.1 Å². The number of aliphatic carboxylic acids is 1. The second kappa shape index (κ2) is 4.92. The van der Waals surface area contributed by atoms with Crippen molar-refractivity contribution in [1.82, 2.24) is 19.7 Å². The molecule has 0 bridgehead atoms. The fraction of sp³-hybridized carbons (Fsp3) is 0.385. The van der Waals surface area contributed by atoms with Gasteiger partial charge in [0.15, 0.2) is 0 Å². The molecule has 2 aromatic heterocycles. The smallest absolute Gasteiger partial charge is 0.307 e. The molecule has 2 rings (SSSR count). The number of carboxylic acids is 1. The summed E-state index contributed by atoms with van der Waals surface area (Å²) in [5, 5.41) is 13.2. The zero-order valence-electron chi connectivity index (χ0n) is 11.8. The summed E-state index contributed by atoms with van der Waals surface area (Å²) in [6, 6.07) is 0. The number of hydrogen-bond donors (Lipinski definition) is 2. The molecule has 0 fully saturated rings. The van der Waals surface area contributed by atoms with Crippen molar-refractivity contribution in [3.8, 4) is 5.95 Å². The highest BCUT2D eigenvalue weighted by atomic mass is 16.4.